The summed E-state index contributed by atoms with van der Waals surface area (Å²) in [5.74, 6) is 1.76. The second-order valence-corrected chi connectivity index (χ2v) is 2.66. The third-order valence-electron chi connectivity index (χ3n) is 2.22. The number of hydrogen-bond acceptors (Lipinski definition) is 1. The van der Waals surface area contributed by atoms with Crippen LogP contribution in [-0.4, -0.2) is 6.61 Å². The third kappa shape index (κ3) is 0.283. The topological polar surface area (TPSA) is 9.23 Å². The molecular weight excluding hydrogens is 112 g/mol. The van der Waals surface area contributed by atoms with Crippen molar-refractivity contribution in [2.24, 2.45) is 0 Å². The van der Waals surface area contributed by atoms with Crippen molar-refractivity contribution in [1.82, 2.24) is 0 Å². The molecule has 0 N–H and O–H groups in total. The number of benzene rings is 1. The molecule has 0 amide bonds. The van der Waals surface area contributed by atoms with E-state index in [0.29, 0.717) is 5.92 Å². The molecule has 1 aliphatic heterocycles. The van der Waals surface area contributed by atoms with Crippen LogP contribution in [0.15, 0.2) is 18.2 Å². The first-order chi connectivity index (χ1) is 4.45. The number of hydrogen-bond donors (Lipinski definition) is 0. The number of fused-ring (bicyclic) bond motifs is 1. The van der Waals surface area contributed by atoms with Crippen LogP contribution in [-0.2, 0) is 0 Å². The van der Waals surface area contributed by atoms with Crippen molar-refractivity contribution >= 4 is 0 Å². The molecule has 9 heavy (non-hydrogen) atoms. The minimum atomic E-state index is 0.657. The second kappa shape index (κ2) is 0.991. The molecule has 0 radical (unpaired) electrons. The summed E-state index contributed by atoms with van der Waals surface area (Å²) >= 11 is 0. The third-order valence-corrected chi connectivity index (χ3v) is 2.22. The van der Waals surface area contributed by atoms with Gasteiger partial charge in [-0.25, -0.2) is 0 Å². The van der Waals surface area contributed by atoms with E-state index in [9.17, 15) is 0 Å². The SMILES string of the molecule is c1cc2c3cc1C3CO2. The molecule has 0 spiro atoms. The Kier molecular flexibility index (Phi) is 0.434. The first kappa shape index (κ1) is 3.94. The summed E-state index contributed by atoms with van der Waals surface area (Å²) in [5, 5.41) is 0. The van der Waals surface area contributed by atoms with Crippen molar-refractivity contribution in [2.45, 2.75) is 5.92 Å². The Hall–Kier alpha value is -0.980. The van der Waals surface area contributed by atoms with Crippen LogP contribution in [0.4, 0.5) is 0 Å². The van der Waals surface area contributed by atoms with Gasteiger partial charge in [-0.1, -0.05) is 12.1 Å². The highest BCUT2D eigenvalue weighted by Crippen LogP contribution is 2.46. The molecule has 2 aliphatic carbocycles. The van der Waals surface area contributed by atoms with Crippen molar-refractivity contribution in [3.63, 3.8) is 0 Å². The average Bonchev–Trinajstić information content (AvgIpc) is 2.06. The van der Waals surface area contributed by atoms with Crippen LogP contribution in [0.2, 0.25) is 0 Å². The van der Waals surface area contributed by atoms with Crippen molar-refractivity contribution < 1.29 is 4.74 Å². The first-order valence-electron chi connectivity index (χ1n) is 3.22. The van der Waals surface area contributed by atoms with Gasteiger partial charge in [0.25, 0.3) is 0 Å². The normalized spacial score (nSPS) is 25.1. The zero-order chi connectivity index (χ0) is 5.84. The Morgan fingerprint density at radius 2 is 2.44 bits per heavy atom. The van der Waals surface area contributed by atoms with Gasteiger partial charge in [0.15, 0.2) is 0 Å². The molecule has 4 rings (SSSR count). The molecule has 4 bridgehead atoms. The van der Waals surface area contributed by atoms with Crippen molar-refractivity contribution in [3.8, 4) is 5.75 Å². The first-order valence-corrected chi connectivity index (χ1v) is 3.22. The van der Waals surface area contributed by atoms with Crippen LogP contribution in [0.25, 0.3) is 0 Å². The molecule has 1 heteroatoms. The summed E-state index contributed by atoms with van der Waals surface area (Å²) in [7, 11) is 0. The summed E-state index contributed by atoms with van der Waals surface area (Å²) in [6.07, 6.45) is 0. The van der Waals surface area contributed by atoms with Gasteiger partial charge in [0.2, 0.25) is 0 Å². The molecule has 0 aromatic heterocycles. The van der Waals surface area contributed by atoms with Gasteiger partial charge in [-0.15, -0.1) is 0 Å². The Labute approximate surface area is 53.3 Å². The van der Waals surface area contributed by atoms with E-state index in [0.717, 1.165) is 12.4 Å². The highest BCUT2D eigenvalue weighted by molar-refractivity contribution is 5.55. The van der Waals surface area contributed by atoms with E-state index in [1.165, 1.54) is 11.1 Å². The Balaban J connectivity index is 2.45. The average molecular weight is 118 g/mol. The summed E-state index contributed by atoms with van der Waals surface area (Å²) in [6, 6.07) is 6.43. The highest BCUT2D eigenvalue weighted by atomic mass is 16.5. The quantitative estimate of drug-likeness (QED) is 0.502. The molecule has 1 aromatic rings. The van der Waals surface area contributed by atoms with Crippen molar-refractivity contribution in [2.75, 3.05) is 6.61 Å². The predicted octanol–water partition coefficient (Wildman–Crippen LogP) is 1.52. The molecular formula is C8H6O. The standard InChI is InChI=1S/C8H6O/c1-2-8-6-3-5(1)7(6)4-9-8/h1-3,7H,4H2. The maximum absolute atomic E-state index is 5.37. The van der Waals surface area contributed by atoms with E-state index in [1.807, 2.05) is 0 Å². The predicted molar refractivity (Wildman–Crippen MR) is 33.8 cm³/mol. The smallest absolute Gasteiger partial charge is 0.123 e. The van der Waals surface area contributed by atoms with Crippen LogP contribution in [0.1, 0.15) is 17.0 Å². The summed E-state index contributed by atoms with van der Waals surface area (Å²) in [5.41, 5.74) is 2.87. The molecule has 1 aromatic carbocycles. The van der Waals surface area contributed by atoms with E-state index in [4.69, 9.17) is 4.74 Å². The van der Waals surface area contributed by atoms with Gasteiger partial charge in [-0.3, -0.25) is 0 Å². The van der Waals surface area contributed by atoms with Crippen LogP contribution < -0.4 is 4.74 Å². The summed E-state index contributed by atoms with van der Waals surface area (Å²) in [4.78, 5) is 0. The number of ether oxygens (including phenoxy) is 1. The van der Waals surface area contributed by atoms with E-state index in [2.05, 4.69) is 18.2 Å². The fourth-order valence-corrected chi connectivity index (χ4v) is 1.63. The van der Waals surface area contributed by atoms with Gasteiger partial charge >= 0.3 is 0 Å². The lowest BCUT2D eigenvalue weighted by atomic mass is 9.82. The second-order valence-electron chi connectivity index (χ2n) is 2.66. The minimum absolute atomic E-state index is 0.657. The van der Waals surface area contributed by atoms with Gasteiger partial charge < -0.3 is 4.74 Å². The highest BCUT2D eigenvalue weighted by Gasteiger charge is 2.33. The van der Waals surface area contributed by atoms with Gasteiger partial charge in [-0.2, -0.15) is 0 Å². The molecule has 1 unspecified atom stereocenters. The Morgan fingerprint density at radius 3 is 3.11 bits per heavy atom. The van der Waals surface area contributed by atoms with E-state index < -0.39 is 0 Å². The molecule has 1 heterocycles. The molecule has 44 valence electrons. The Morgan fingerprint density at radius 1 is 1.44 bits per heavy atom. The summed E-state index contributed by atoms with van der Waals surface area (Å²) in [6.45, 7) is 0.892. The lowest BCUT2D eigenvalue weighted by molar-refractivity contribution is 0.345. The minimum Gasteiger partial charge on any atom is -0.492 e. The van der Waals surface area contributed by atoms with E-state index in [1.54, 1.807) is 0 Å². The van der Waals surface area contributed by atoms with E-state index in [-0.39, 0.29) is 0 Å². The van der Waals surface area contributed by atoms with Crippen LogP contribution in [0, 0.1) is 0 Å². The molecule has 1 atom stereocenters. The molecule has 0 saturated heterocycles. The maximum Gasteiger partial charge on any atom is 0.123 e. The van der Waals surface area contributed by atoms with E-state index >= 15 is 0 Å². The molecule has 0 fully saturated rings. The molecule has 3 aliphatic rings. The van der Waals surface area contributed by atoms with Gasteiger partial charge in [0.05, 0.1) is 6.61 Å². The largest absolute Gasteiger partial charge is 0.492 e. The van der Waals surface area contributed by atoms with Crippen LogP contribution >= 0.6 is 0 Å². The van der Waals surface area contributed by atoms with Crippen molar-refractivity contribution in [1.29, 1.82) is 0 Å². The zero-order valence-corrected chi connectivity index (χ0v) is 4.92. The lowest BCUT2D eigenvalue weighted by Crippen LogP contribution is -2.08. The maximum atomic E-state index is 5.37. The lowest BCUT2D eigenvalue weighted by Gasteiger charge is -2.18. The summed E-state index contributed by atoms with van der Waals surface area (Å²) < 4.78 is 5.37. The van der Waals surface area contributed by atoms with Crippen LogP contribution in [0.5, 0.6) is 5.75 Å². The number of rotatable bonds is 0. The van der Waals surface area contributed by atoms with Gasteiger partial charge in [0, 0.05) is 11.5 Å². The van der Waals surface area contributed by atoms with Crippen LogP contribution in [0.3, 0.4) is 0 Å². The monoisotopic (exact) mass is 118 g/mol. The molecule has 0 saturated carbocycles. The molecule has 1 nitrogen and oxygen atoms in total. The van der Waals surface area contributed by atoms with Gasteiger partial charge in [-0.05, 0) is 11.6 Å². The van der Waals surface area contributed by atoms with Gasteiger partial charge in [0.1, 0.15) is 5.75 Å². The fraction of sp³-hybridized carbons (Fsp3) is 0.250. The Bertz CT molecular complexity index is 269. The fourth-order valence-electron chi connectivity index (χ4n) is 1.63. The van der Waals surface area contributed by atoms with Crippen molar-refractivity contribution in [3.05, 3.63) is 29.3 Å². The zero-order valence-electron chi connectivity index (χ0n) is 4.92.